The van der Waals surface area contributed by atoms with E-state index >= 15 is 0 Å². The van der Waals surface area contributed by atoms with Crippen molar-refractivity contribution in [3.8, 4) is 0 Å². The molecule has 1 atom stereocenters. The van der Waals surface area contributed by atoms with Crippen LogP contribution >= 0.6 is 12.4 Å². The van der Waals surface area contributed by atoms with Gasteiger partial charge in [-0.2, -0.15) is 4.98 Å². The summed E-state index contributed by atoms with van der Waals surface area (Å²) in [7, 11) is 0. The van der Waals surface area contributed by atoms with E-state index in [0.29, 0.717) is 30.7 Å². The van der Waals surface area contributed by atoms with Crippen LogP contribution in [0.15, 0.2) is 4.52 Å². The third-order valence-corrected chi connectivity index (χ3v) is 2.90. The number of carbonyl (C=O) groups is 1. The van der Waals surface area contributed by atoms with E-state index in [2.05, 4.69) is 20.8 Å². The van der Waals surface area contributed by atoms with Crippen LogP contribution in [0.2, 0.25) is 0 Å². The number of carbonyl (C=O) groups excluding carboxylic acids is 1. The zero-order valence-corrected chi connectivity index (χ0v) is 11.3. The summed E-state index contributed by atoms with van der Waals surface area (Å²) in [6.45, 7) is 3.15. The normalized spacial score (nSPS) is 18.4. The lowest BCUT2D eigenvalue weighted by Gasteiger charge is -2.09. The largest absolute Gasteiger partial charge is 0.349 e. The molecule has 18 heavy (non-hydrogen) atoms. The Kier molecular flexibility index (Phi) is 6.07. The van der Waals surface area contributed by atoms with Gasteiger partial charge in [0.1, 0.15) is 0 Å². The summed E-state index contributed by atoms with van der Waals surface area (Å²) in [6, 6.07) is 0.508. The zero-order chi connectivity index (χ0) is 12.1. The van der Waals surface area contributed by atoms with Crippen molar-refractivity contribution in [3.63, 3.8) is 0 Å². The molecule has 0 aliphatic carbocycles. The van der Waals surface area contributed by atoms with Crippen LogP contribution in [0.25, 0.3) is 0 Å². The molecular weight excluding hydrogens is 256 g/mol. The second kappa shape index (κ2) is 7.33. The summed E-state index contributed by atoms with van der Waals surface area (Å²) in [5, 5.41) is 9.87. The number of nitrogens with zero attached hydrogens (tertiary/aromatic N) is 2. The Labute approximate surface area is 112 Å². The second-order valence-electron chi connectivity index (χ2n) is 4.34. The standard InChI is InChI=1S/C11H18N4O2.ClH/c1-8-14-10(15-17-8)7-13-11(16)5-4-9-3-2-6-12-9;/h9,12H,2-7H2,1H3,(H,13,16);1H. The van der Waals surface area contributed by atoms with Gasteiger partial charge < -0.3 is 15.2 Å². The molecule has 1 fully saturated rings. The van der Waals surface area contributed by atoms with E-state index in [1.807, 2.05) is 0 Å². The van der Waals surface area contributed by atoms with Gasteiger partial charge in [0.05, 0.1) is 6.54 Å². The van der Waals surface area contributed by atoms with Gasteiger partial charge >= 0.3 is 0 Å². The summed E-state index contributed by atoms with van der Waals surface area (Å²) in [6.07, 6.45) is 3.84. The number of hydrogen-bond donors (Lipinski definition) is 2. The lowest BCUT2D eigenvalue weighted by Crippen LogP contribution is -2.27. The van der Waals surface area contributed by atoms with E-state index in [1.54, 1.807) is 6.92 Å². The molecule has 2 N–H and O–H groups in total. The Balaban J connectivity index is 0.00000162. The van der Waals surface area contributed by atoms with Gasteiger partial charge in [-0.3, -0.25) is 4.79 Å². The minimum atomic E-state index is 0. The highest BCUT2D eigenvalue weighted by molar-refractivity contribution is 5.85. The van der Waals surface area contributed by atoms with Gasteiger partial charge in [0.2, 0.25) is 11.8 Å². The van der Waals surface area contributed by atoms with Gasteiger partial charge in [-0.25, -0.2) is 0 Å². The van der Waals surface area contributed by atoms with Crippen molar-refractivity contribution in [2.24, 2.45) is 0 Å². The number of hydrogen-bond acceptors (Lipinski definition) is 5. The molecule has 2 rings (SSSR count). The number of rotatable bonds is 5. The first-order valence-electron chi connectivity index (χ1n) is 6.03. The Bertz CT molecular complexity index is 377. The highest BCUT2D eigenvalue weighted by Gasteiger charge is 2.15. The first-order chi connectivity index (χ1) is 8.24. The Hall–Kier alpha value is -1.14. The molecule has 1 aliphatic rings. The zero-order valence-electron chi connectivity index (χ0n) is 10.4. The lowest BCUT2D eigenvalue weighted by molar-refractivity contribution is -0.121. The monoisotopic (exact) mass is 274 g/mol. The van der Waals surface area contributed by atoms with E-state index in [4.69, 9.17) is 4.52 Å². The van der Waals surface area contributed by atoms with Crippen LogP contribution in [0.3, 0.4) is 0 Å². The van der Waals surface area contributed by atoms with E-state index in [-0.39, 0.29) is 18.3 Å². The van der Waals surface area contributed by atoms with Crippen molar-refractivity contribution in [3.05, 3.63) is 11.7 Å². The minimum absolute atomic E-state index is 0. The maximum absolute atomic E-state index is 11.6. The Morgan fingerprint density at radius 1 is 1.61 bits per heavy atom. The average Bonchev–Trinajstić information content (AvgIpc) is 2.95. The molecule has 1 aliphatic heterocycles. The van der Waals surface area contributed by atoms with Crippen molar-refractivity contribution in [1.82, 2.24) is 20.8 Å². The van der Waals surface area contributed by atoms with Crippen LogP contribution < -0.4 is 10.6 Å². The smallest absolute Gasteiger partial charge is 0.223 e. The van der Waals surface area contributed by atoms with Gasteiger partial charge in [-0.15, -0.1) is 12.4 Å². The molecule has 6 nitrogen and oxygen atoms in total. The van der Waals surface area contributed by atoms with Crippen molar-refractivity contribution in [2.45, 2.75) is 45.2 Å². The number of aromatic nitrogens is 2. The summed E-state index contributed by atoms with van der Waals surface area (Å²) in [5.74, 6) is 1.08. The molecule has 1 amide bonds. The summed E-state index contributed by atoms with van der Waals surface area (Å²) < 4.78 is 4.82. The molecule has 0 saturated carbocycles. The first kappa shape index (κ1) is 14.9. The number of aryl methyl sites for hydroxylation is 1. The van der Waals surface area contributed by atoms with Crippen molar-refractivity contribution in [1.29, 1.82) is 0 Å². The molecule has 0 aromatic carbocycles. The third-order valence-electron chi connectivity index (χ3n) is 2.90. The molecule has 2 heterocycles. The molecule has 1 aromatic heterocycles. The number of nitrogens with one attached hydrogen (secondary N) is 2. The highest BCUT2D eigenvalue weighted by atomic mass is 35.5. The molecule has 102 valence electrons. The molecule has 1 saturated heterocycles. The summed E-state index contributed by atoms with van der Waals surface area (Å²) in [4.78, 5) is 15.6. The highest BCUT2D eigenvalue weighted by Crippen LogP contribution is 2.10. The van der Waals surface area contributed by atoms with Crippen LogP contribution in [-0.2, 0) is 11.3 Å². The minimum Gasteiger partial charge on any atom is -0.349 e. The van der Waals surface area contributed by atoms with Crippen LogP contribution in [0, 0.1) is 6.92 Å². The molecule has 0 radical (unpaired) electrons. The van der Waals surface area contributed by atoms with E-state index < -0.39 is 0 Å². The fraction of sp³-hybridized carbons (Fsp3) is 0.727. The molecule has 0 bridgehead atoms. The molecule has 1 aromatic rings. The average molecular weight is 275 g/mol. The molecule has 7 heteroatoms. The topological polar surface area (TPSA) is 80.0 Å². The molecular formula is C11H19ClN4O2. The maximum atomic E-state index is 11.6. The fourth-order valence-corrected chi connectivity index (χ4v) is 1.99. The number of halogens is 1. The van der Waals surface area contributed by atoms with E-state index in [0.717, 1.165) is 13.0 Å². The second-order valence-corrected chi connectivity index (χ2v) is 4.34. The Morgan fingerprint density at radius 2 is 2.44 bits per heavy atom. The summed E-state index contributed by atoms with van der Waals surface area (Å²) in [5.41, 5.74) is 0. The van der Waals surface area contributed by atoms with Crippen molar-refractivity contribution >= 4 is 18.3 Å². The van der Waals surface area contributed by atoms with Crippen LogP contribution in [0.5, 0.6) is 0 Å². The fourth-order valence-electron chi connectivity index (χ4n) is 1.99. The SMILES string of the molecule is Cc1nc(CNC(=O)CCC2CCCN2)no1.Cl. The van der Waals surface area contributed by atoms with E-state index in [9.17, 15) is 4.79 Å². The van der Waals surface area contributed by atoms with Gasteiger partial charge in [-0.1, -0.05) is 5.16 Å². The van der Waals surface area contributed by atoms with Gasteiger partial charge in [0.15, 0.2) is 5.82 Å². The lowest BCUT2D eigenvalue weighted by atomic mass is 10.1. The quantitative estimate of drug-likeness (QED) is 0.836. The van der Waals surface area contributed by atoms with Crippen LogP contribution in [0.4, 0.5) is 0 Å². The summed E-state index contributed by atoms with van der Waals surface area (Å²) >= 11 is 0. The van der Waals surface area contributed by atoms with Crippen molar-refractivity contribution in [2.75, 3.05) is 6.54 Å². The number of amides is 1. The maximum Gasteiger partial charge on any atom is 0.223 e. The predicted molar refractivity (Wildman–Crippen MR) is 68.4 cm³/mol. The van der Waals surface area contributed by atoms with Gasteiger partial charge in [0, 0.05) is 19.4 Å². The van der Waals surface area contributed by atoms with Crippen molar-refractivity contribution < 1.29 is 9.32 Å². The molecule has 1 unspecified atom stereocenters. The van der Waals surface area contributed by atoms with Crippen LogP contribution in [0.1, 0.15) is 37.4 Å². The first-order valence-corrected chi connectivity index (χ1v) is 6.03. The van der Waals surface area contributed by atoms with Crippen LogP contribution in [-0.4, -0.2) is 28.6 Å². The molecule has 0 spiro atoms. The van der Waals surface area contributed by atoms with E-state index in [1.165, 1.54) is 12.8 Å². The van der Waals surface area contributed by atoms with Gasteiger partial charge in [0.25, 0.3) is 0 Å². The van der Waals surface area contributed by atoms with Gasteiger partial charge in [-0.05, 0) is 25.8 Å². The third kappa shape index (κ3) is 4.62. The Morgan fingerprint density at radius 3 is 3.06 bits per heavy atom. The predicted octanol–water partition coefficient (Wildman–Crippen LogP) is 0.948.